The molecule has 2 rings (SSSR count). The summed E-state index contributed by atoms with van der Waals surface area (Å²) in [5.41, 5.74) is 0.180. The van der Waals surface area contributed by atoms with Crippen LogP contribution in [0.1, 0.15) is 47.0 Å². The van der Waals surface area contributed by atoms with Crippen molar-refractivity contribution in [1.82, 2.24) is 0 Å². The van der Waals surface area contributed by atoms with Crippen molar-refractivity contribution < 1.29 is 19.1 Å². The summed E-state index contributed by atoms with van der Waals surface area (Å²) in [4.78, 5) is 16.9. The van der Waals surface area contributed by atoms with Gasteiger partial charge in [0.25, 0.3) is 0 Å². The van der Waals surface area contributed by atoms with E-state index in [4.69, 9.17) is 14.3 Å². The monoisotopic (exact) mass is 309 g/mol. The minimum atomic E-state index is -0.519. The predicted molar refractivity (Wildman–Crippen MR) is 84.3 cm³/mol. The van der Waals surface area contributed by atoms with Crippen LogP contribution in [0.5, 0.6) is 0 Å². The molecule has 0 aromatic rings. The fourth-order valence-electron chi connectivity index (χ4n) is 3.17. The Kier molecular flexibility index (Phi) is 6.00. The lowest BCUT2D eigenvalue weighted by Gasteiger charge is -2.38. The maximum atomic E-state index is 11.6. The summed E-state index contributed by atoms with van der Waals surface area (Å²) in [6, 6.07) is 0. The molecule has 0 bridgehead atoms. The van der Waals surface area contributed by atoms with E-state index in [1.165, 1.54) is 12.8 Å². The first-order valence-electron chi connectivity index (χ1n) is 8.25. The number of oxime groups is 1. The Morgan fingerprint density at radius 1 is 1.45 bits per heavy atom. The Morgan fingerprint density at radius 3 is 2.82 bits per heavy atom. The molecule has 0 radical (unpaired) electrons. The van der Waals surface area contributed by atoms with Crippen LogP contribution in [0.3, 0.4) is 0 Å². The SMILES string of the molecule is CCOC(=O)C1=NO[C@@H](O[C@@H]2C[C@H](C)CC[C@H]2C(C)C)C=C1. The van der Waals surface area contributed by atoms with Crippen LogP contribution in [0.2, 0.25) is 0 Å². The smallest absolute Gasteiger partial charge is 0.360 e. The van der Waals surface area contributed by atoms with E-state index in [1.54, 1.807) is 19.1 Å². The second-order valence-electron chi connectivity index (χ2n) is 6.53. The molecule has 1 saturated carbocycles. The molecule has 1 fully saturated rings. The molecule has 4 atom stereocenters. The molecule has 22 heavy (non-hydrogen) atoms. The van der Waals surface area contributed by atoms with Gasteiger partial charge in [-0.15, -0.1) is 0 Å². The van der Waals surface area contributed by atoms with Gasteiger partial charge in [0.2, 0.25) is 6.29 Å². The Labute approximate surface area is 132 Å². The zero-order valence-corrected chi connectivity index (χ0v) is 14.0. The van der Waals surface area contributed by atoms with Gasteiger partial charge in [0.05, 0.1) is 12.7 Å². The van der Waals surface area contributed by atoms with Crippen molar-refractivity contribution in [3.05, 3.63) is 12.2 Å². The molecule has 5 heteroatoms. The van der Waals surface area contributed by atoms with Crippen molar-refractivity contribution >= 4 is 11.7 Å². The third-order valence-electron chi connectivity index (χ3n) is 4.42. The van der Waals surface area contributed by atoms with Gasteiger partial charge in [-0.2, -0.15) is 0 Å². The zero-order valence-electron chi connectivity index (χ0n) is 14.0. The van der Waals surface area contributed by atoms with Crippen molar-refractivity contribution in [3.8, 4) is 0 Å². The number of carbonyl (C=O) groups excluding carboxylic acids is 1. The third kappa shape index (κ3) is 4.32. The van der Waals surface area contributed by atoms with Crippen LogP contribution in [0.4, 0.5) is 0 Å². The van der Waals surface area contributed by atoms with Gasteiger partial charge < -0.3 is 14.3 Å². The number of ether oxygens (including phenoxy) is 2. The minimum Gasteiger partial charge on any atom is -0.461 e. The van der Waals surface area contributed by atoms with Gasteiger partial charge in [0, 0.05) is 0 Å². The summed E-state index contributed by atoms with van der Waals surface area (Å²) >= 11 is 0. The Morgan fingerprint density at radius 2 is 2.23 bits per heavy atom. The largest absolute Gasteiger partial charge is 0.461 e. The summed E-state index contributed by atoms with van der Waals surface area (Å²) in [6.45, 7) is 8.83. The Balaban J connectivity index is 1.91. The van der Waals surface area contributed by atoms with E-state index in [0.29, 0.717) is 24.4 Å². The number of rotatable bonds is 5. The highest BCUT2D eigenvalue weighted by Gasteiger charge is 2.33. The standard InChI is InChI=1S/C17H27NO4/c1-5-20-17(19)14-8-9-16(22-18-14)21-15-10-12(4)6-7-13(15)11(2)3/h8-9,11-13,15-16H,5-7,10H2,1-4H3/t12-,13+,15-,16-/m1/s1. The van der Waals surface area contributed by atoms with E-state index in [0.717, 1.165) is 6.42 Å². The summed E-state index contributed by atoms with van der Waals surface area (Å²) in [5, 5.41) is 3.81. The highest BCUT2D eigenvalue weighted by molar-refractivity contribution is 6.41. The first-order valence-corrected chi connectivity index (χ1v) is 8.25. The molecular weight excluding hydrogens is 282 g/mol. The summed E-state index contributed by atoms with van der Waals surface area (Å²) in [5.74, 6) is 1.34. The van der Waals surface area contributed by atoms with Crippen LogP contribution in [0.15, 0.2) is 17.3 Å². The fourth-order valence-corrected chi connectivity index (χ4v) is 3.17. The van der Waals surface area contributed by atoms with Gasteiger partial charge in [-0.05, 0) is 49.7 Å². The molecule has 0 spiro atoms. The minimum absolute atomic E-state index is 0.178. The van der Waals surface area contributed by atoms with Crippen molar-refractivity contribution in [2.75, 3.05) is 6.61 Å². The first kappa shape index (κ1) is 17.0. The van der Waals surface area contributed by atoms with E-state index in [2.05, 4.69) is 25.9 Å². The van der Waals surface area contributed by atoms with E-state index in [1.807, 2.05) is 0 Å². The Hall–Kier alpha value is -1.36. The molecule has 1 heterocycles. The summed E-state index contributed by atoms with van der Waals surface area (Å²) in [6.07, 6.45) is 6.50. The number of hydrogen-bond donors (Lipinski definition) is 0. The van der Waals surface area contributed by atoms with Gasteiger partial charge in [0.1, 0.15) is 0 Å². The van der Waals surface area contributed by atoms with Gasteiger partial charge in [-0.25, -0.2) is 4.79 Å². The van der Waals surface area contributed by atoms with Crippen LogP contribution in [0.25, 0.3) is 0 Å². The molecule has 0 N–H and O–H groups in total. The average molecular weight is 309 g/mol. The first-order chi connectivity index (χ1) is 10.5. The van der Waals surface area contributed by atoms with Crippen LogP contribution < -0.4 is 0 Å². The molecule has 1 aliphatic heterocycles. The molecule has 2 aliphatic rings. The van der Waals surface area contributed by atoms with E-state index < -0.39 is 12.3 Å². The van der Waals surface area contributed by atoms with E-state index in [9.17, 15) is 4.79 Å². The molecule has 124 valence electrons. The second kappa shape index (κ2) is 7.77. The number of esters is 1. The fraction of sp³-hybridized carbons (Fsp3) is 0.765. The highest BCUT2D eigenvalue weighted by Crippen LogP contribution is 2.36. The van der Waals surface area contributed by atoms with Gasteiger partial charge in [-0.3, -0.25) is 0 Å². The Bertz CT molecular complexity index is 444. The molecule has 0 aromatic carbocycles. The lowest BCUT2D eigenvalue weighted by atomic mass is 9.75. The number of nitrogens with zero attached hydrogens (tertiary/aromatic N) is 1. The molecule has 0 aromatic heterocycles. The van der Waals surface area contributed by atoms with Gasteiger partial charge >= 0.3 is 5.97 Å². The van der Waals surface area contributed by atoms with E-state index >= 15 is 0 Å². The third-order valence-corrected chi connectivity index (χ3v) is 4.42. The quantitative estimate of drug-likeness (QED) is 0.731. The van der Waals surface area contributed by atoms with Crippen molar-refractivity contribution in [3.63, 3.8) is 0 Å². The van der Waals surface area contributed by atoms with Crippen LogP contribution in [-0.2, 0) is 19.1 Å². The molecule has 0 amide bonds. The van der Waals surface area contributed by atoms with Crippen LogP contribution in [0, 0.1) is 17.8 Å². The maximum Gasteiger partial charge on any atom is 0.360 e. The predicted octanol–water partition coefficient (Wildman–Crippen LogP) is 3.30. The van der Waals surface area contributed by atoms with Crippen molar-refractivity contribution in [2.45, 2.75) is 59.4 Å². The lowest BCUT2D eigenvalue weighted by molar-refractivity contribution is -0.173. The number of hydrogen-bond acceptors (Lipinski definition) is 5. The van der Waals surface area contributed by atoms with Crippen LogP contribution in [-0.4, -0.2) is 30.7 Å². The normalized spacial score (nSPS) is 31.6. The topological polar surface area (TPSA) is 57.1 Å². The summed E-state index contributed by atoms with van der Waals surface area (Å²) < 4.78 is 11.0. The van der Waals surface area contributed by atoms with E-state index in [-0.39, 0.29) is 11.8 Å². The average Bonchev–Trinajstić information content (AvgIpc) is 2.48. The maximum absolute atomic E-state index is 11.6. The summed E-state index contributed by atoms with van der Waals surface area (Å²) in [7, 11) is 0. The number of carbonyl (C=O) groups is 1. The molecule has 0 unspecified atom stereocenters. The van der Waals surface area contributed by atoms with Crippen LogP contribution >= 0.6 is 0 Å². The van der Waals surface area contributed by atoms with Crippen molar-refractivity contribution in [1.29, 1.82) is 0 Å². The highest BCUT2D eigenvalue weighted by atomic mass is 16.8. The molecular formula is C17H27NO4. The molecule has 1 aliphatic carbocycles. The van der Waals surface area contributed by atoms with Crippen molar-refractivity contribution in [2.24, 2.45) is 22.9 Å². The molecule has 5 nitrogen and oxygen atoms in total. The van der Waals surface area contributed by atoms with Gasteiger partial charge in [-0.1, -0.05) is 32.3 Å². The zero-order chi connectivity index (χ0) is 16.1. The molecule has 0 saturated heterocycles. The van der Waals surface area contributed by atoms with Gasteiger partial charge in [0.15, 0.2) is 5.71 Å². The second-order valence-corrected chi connectivity index (χ2v) is 6.53. The lowest BCUT2D eigenvalue weighted by Crippen LogP contribution is -2.37.